The minimum Gasteiger partial charge on any atom is -0.484 e. The van der Waals surface area contributed by atoms with Crippen LogP contribution in [0.5, 0.6) is 5.75 Å². The van der Waals surface area contributed by atoms with Crippen molar-refractivity contribution in [3.8, 4) is 5.75 Å². The lowest BCUT2D eigenvalue weighted by molar-refractivity contribution is -0.384. The molecule has 158 valence electrons. The molecular formula is C21H15ClFN3O5. The Kier molecular flexibility index (Phi) is 6.78. The highest BCUT2D eigenvalue weighted by Crippen LogP contribution is 2.20. The van der Waals surface area contributed by atoms with Crippen LogP contribution in [0.25, 0.3) is 0 Å². The van der Waals surface area contributed by atoms with Gasteiger partial charge in [0.15, 0.2) is 6.61 Å². The normalized spacial score (nSPS) is 10.3. The summed E-state index contributed by atoms with van der Waals surface area (Å²) in [6.07, 6.45) is 0. The highest BCUT2D eigenvalue weighted by molar-refractivity contribution is 6.31. The number of benzene rings is 3. The van der Waals surface area contributed by atoms with E-state index in [0.717, 1.165) is 6.07 Å². The zero-order valence-electron chi connectivity index (χ0n) is 15.8. The molecule has 0 aromatic heterocycles. The van der Waals surface area contributed by atoms with Crippen molar-refractivity contribution in [2.24, 2.45) is 0 Å². The first kappa shape index (κ1) is 21.7. The van der Waals surface area contributed by atoms with Gasteiger partial charge in [-0.3, -0.25) is 19.7 Å². The number of nitro groups is 1. The molecule has 0 unspecified atom stereocenters. The van der Waals surface area contributed by atoms with Gasteiger partial charge in [-0.2, -0.15) is 0 Å². The van der Waals surface area contributed by atoms with E-state index in [1.54, 1.807) is 24.3 Å². The fourth-order valence-corrected chi connectivity index (χ4v) is 2.70. The van der Waals surface area contributed by atoms with Gasteiger partial charge in [0.05, 0.1) is 9.95 Å². The Labute approximate surface area is 180 Å². The topological polar surface area (TPSA) is 111 Å². The molecule has 0 aliphatic carbocycles. The largest absolute Gasteiger partial charge is 0.484 e. The number of amides is 2. The Balaban J connectivity index is 1.53. The molecule has 0 radical (unpaired) electrons. The zero-order valence-corrected chi connectivity index (χ0v) is 16.6. The first-order chi connectivity index (χ1) is 14.8. The van der Waals surface area contributed by atoms with Crippen molar-refractivity contribution in [1.29, 1.82) is 0 Å². The lowest BCUT2D eigenvalue weighted by Gasteiger charge is -2.09. The highest BCUT2D eigenvalue weighted by atomic mass is 35.5. The van der Waals surface area contributed by atoms with E-state index in [-0.39, 0.29) is 22.9 Å². The van der Waals surface area contributed by atoms with Crippen LogP contribution < -0.4 is 15.4 Å². The quantitative estimate of drug-likeness (QED) is 0.407. The summed E-state index contributed by atoms with van der Waals surface area (Å²) in [4.78, 5) is 34.4. The number of nitro benzene ring substituents is 1. The van der Waals surface area contributed by atoms with E-state index >= 15 is 0 Å². The van der Waals surface area contributed by atoms with Gasteiger partial charge in [0.1, 0.15) is 11.6 Å². The predicted molar refractivity (Wildman–Crippen MR) is 113 cm³/mol. The molecule has 2 amide bonds. The van der Waals surface area contributed by atoms with Crippen molar-refractivity contribution >= 4 is 40.5 Å². The van der Waals surface area contributed by atoms with Crippen molar-refractivity contribution < 1.29 is 23.6 Å². The van der Waals surface area contributed by atoms with Gasteiger partial charge in [-0.1, -0.05) is 17.7 Å². The molecule has 10 heteroatoms. The van der Waals surface area contributed by atoms with Crippen LogP contribution in [0, 0.1) is 15.9 Å². The third kappa shape index (κ3) is 6.00. The van der Waals surface area contributed by atoms with E-state index in [1.165, 1.54) is 36.4 Å². The van der Waals surface area contributed by atoms with Gasteiger partial charge in [0.25, 0.3) is 17.5 Å². The van der Waals surface area contributed by atoms with Crippen LogP contribution >= 0.6 is 11.6 Å². The number of hydrogen-bond donors (Lipinski definition) is 2. The molecule has 0 spiro atoms. The van der Waals surface area contributed by atoms with Crippen LogP contribution in [0.4, 0.5) is 21.5 Å². The lowest BCUT2D eigenvalue weighted by atomic mass is 10.2. The van der Waals surface area contributed by atoms with Crippen molar-refractivity contribution in [2.45, 2.75) is 0 Å². The zero-order chi connectivity index (χ0) is 22.4. The molecule has 3 aromatic rings. The maximum atomic E-state index is 13.1. The summed E-state index contributed by atoms with van der Waals surface area (Å²) >= 11 is 5.66. The number of rotatable bonds is 7. The minimum atomic E-state index is -0.589. The van der Waals surface area contributed by atoms with Crippen LogP contribution in [-0.2, 0) is 4.79 Å². The SMILES string of the molecule is O=C(COc1ccc(NC(=O)c2cccc([N+](=O)[O-])c2)cc1)Nc1ccc(F)c(Cl)c1. The van der Waals surface area contributed by atoms with Gasteiger partial charge < -0.3 is 15.4 Å². The Hall–Kier alpha value is -3.98. The smallest absolute Gasteiger partial charge is 0.270 e. The molecular weight excluding hydrogens is 429 g/mol. The Morgan fingerprint density at radius 3 is 2.39 bits per heavy atom. The molecule has 2 N–H and O–H groups in total. The van der Waals surface area contributed by atoms with E-state index in [9.17, 15) is 24.1 Å². The summed E-state index contributed by atoms with van der Waals surface area (Å²) in [7, 11) is 0. The maximum Gasteiger partial charge on any atom is 0.270 e. The van der Waals surface area contributed by atoms with Crippen LogP contribution in [-0.4, -0.2) is 23.3 Å². The summed E-state index contributed by atoms with van der Waals surface area (Å²) < 4.78 is 18.5. The van der Waals surface area contributed by atoms with Crippen molar-refractivity contribution in [3.63, 3.8) is 0 Å². The Bertz CT molecular complexity index is 1140. The molecule has 8 nitrogen and oxygen atoms in total. The van der Waals surface area contributed by atoms with Gasteiger partial charge in [0.2, 0.25) is 0 Å². The van der Waals surface area contributed by atoms with Crippen LogP contribution in [0.1, 0.15) is 10.4 Å². The average Bonchev–Trinajstić information content (AvgIpc) is 2.76. The summed E-state index contributed by atoms with van der Waals surface area (Å²) in [5.41, 5.74) is 0.734. The molecule has 0 bridgehead atoms. The molecule has 3 aromatic carbocycles. The number of nitrogens with zero attached hydrogens (tertiary/aromatic N) is 1. The standard InChI is InChI=1S/C21H15ClFN3O5/c22-18-11-15(6-9-19(18)23)24-20(27)12-31-17-7-4-14(5-8-17)25-21(28)13-2-1-3-16(10-13)26(29)30/h1-11H,12H2,(H,24,27)(H,25,28). The maximum absolute atomic E-state index is 13.1. The van der Waals surface area contributed by atoms with E-state index in [4.69, 9.17) is 16.3 Å². The first-order valence-corrected chi connectivity index (χ1v) is 9.23. The molecule has 0 saturated carbocycles. The Morgan fingerprint density at radius 2 is 1.71 bits per heavy atom. The van der Waals surface area contributed by atoms with Gasteiger partial charge >= 0.3 is 0 Å². The number of nitrogens with one attached hydrogen (secondary N) is 2. The second-order valence-electron chi connectivity index (χ2n) is 6.25. The molecule has 0 fully saturated rings. The number of ether oxygens (including phenoxy) is 1. The van der Waals surface area contributed by atoms with Gasteiger partial charge in [-0.05, 0) is 48.5 Å². The van der Waals surface area contributed by atoms with Gasteiger partial charge in [0, 0.05) is 29.1 Å². The van der Waals surface area contributed by atoms with Crippen LogP contribution in [0.15, 0.2) is 66.7 Å². The van der Waals surface area contributed by atoms with E-state index in [1.807, 2.05) is 0 Å². The average molecular weight is 444 g/mol. The summed E-state index contributed by atoms with van der Waals surface area (Å²) in [6.45, 7) is -0.297. The molecule has 0 aliphatic rings. The number of carbonyl (C=O) groups is 2. The monoisotopic (exact) mass is 443 g/mol. The molecule has 0 saturated heterocycles. The van der Waals surface area contributed by atoms with E-state index in [0.29, 0.717) is 17.1 Å². The third-order valence-electron chi connectivity index (χ3n) is 4.00. The molecule has 3 rings (SSSR count). The predicted octanol–water partition coefficient (Wildman–Crippen LogP) is 4.66. The molecule has 0 heterocycles. The number of non-ortho nitro benzene ring substituents is 1. The number of halogens is 2. The second-order valence-corrected chi connectivity index (χ2v) is 6.66. The summed E-state index contributed by atoms with van der Waals surface area (Å²) in [6, 6.07) is 15.4. The summed E-state index contributed by atoms with van der Waals surface area (Å²) in [5, 5.41) is 15.9. The van der Waals surface area contributed by atoms with Crippen LogP contribution in [0.3, 0.4) is 0 Å². The van der Waals surface area contributed by atoms with Crippen molar-refractivity contribution in [3.05, 3.63) is 93.2 Å². The molecule has 0 aliphatic heterocycles. The summed E-state index contributed by atoms with van der Waals surface area (Å²) in [5.74, 6) is -1.19. The fourth-order valence-electron chi connectivity index (χ4n) is 2.52. The highest BCUT2D eigenvalue weighted by Gasteiger charge is 2.12. The fraction of sp³-hybridized carbons (Fsp3) is 0.0476. The minimum absolute atomic E-state index is 0.110. The molecule has 31 heavy (non-hydrogen) atoms. The Morgan fingerprint density at radius 1 is 1.00 bits per heavy atom. The van der Waals surface area contributed by atoms with Crippen LogP contribution in [0.2, 0.25) is 5.02 Å². The lowest BCUT2D eigenvalue weighted by Crippen LogP contribution is -2.20. The van der Waals surface area contributed by atoms with Gasteiger partial charge in [-0.25, -0.2) is 4.39 Å². The molecule has 0 atom stereocenters. The van der Waals surface area contributed by atoms with Crippen molar-refractivity contribution in [1.82, 2.24) is 0 Å². The van der Waals surface area contributed by atoms with Gasteiger partial charge in [-0.15, -0.1) is 0 Å². The number of carbonyl (C=O) groups excluding carboxylic acids is 2. The number of hydrogen-bond acceptors (Lipinski definition) is 5. The number of anilines is 2. The third-order valence-corrected chi connectivity index (χ3v) is 4.29. The second kappa shape index (κ2) is 9.68. The van der Waals surface area contributed by atoms with E-state index in [2.05, 4.69) is 10.6 Å². The van der Waals surface area contributed by atoms with Crippen molar-refractivity contribution in [2.75, 3.05) is 17.2 Å². The van der Waals surface area contributed by atoms with E-state index < -0.39 is 22.6 Å². The first-order valence-electron chi connectivity index (χ1n) is 8.85.